The minimum Gasteiger partial charge on any atom is -0.495 e. The van der Waals surface area contributed by atoms with Gasteiger partial charge in [-0.2, -0.15) is 0 Å². The maximum absolute atomic E-state index is 12.6. The van der Waals surface area contributed by atoms with Crippen molar-refractivity contribution in [1.29, 1.82) is 0 Å². The molecule has 0 aliphatic heterocycles. The molecule has 0 aliphatic rings. The van der Waals surface area contributed by atoms with E-state index < -0.39 is 0 Å². The van der Waals surface area contributed by atoms with Gasteiger partial charge in [-0.15, -0.1) is 0 Å². The molecule has 0 atom stereocenters. The molecule has 2 amide bonds. The Hall–Kier alpha value is -3.02. The fourth-order valence-corrected chi connectivity index (χ4v) is 2.94. The lowest BCUT2D eigenvalue weighted by atomic mass is 10.1. The minimum absolute atomic E-state index is 0.00576. The van der Waals surface area contributed by atoms with Gasteiger partial charge in [0.05, 0.1) is 32.4 Å². The third-order valence-corrected chi connectivity index (χ3v) is 4.48. The maximum atomic E-state index is 12.6. The molecule has 2 aromatic carbocycles. The molecule has 156 valence electrons. The van der Waals surface area contributed by atoms with Crippen LogP contribution in [0.25, 0.3) is 0 Å². The Morgan fingerprint density at radius 2 is 1.83 bits per heavy atom. The van der Waals surface area contributed by atoms with E-state index in [-0.39, 0.29) is 31.4 Å². The first kappa shape index (κ1) is 22.3. The topological polar surface area (TPSA) is 67.9 Å². The van der Waals surface area contributed by atoms with Gasteiger partial charge in [-0.3, -0.25) is 9.59 Å². The number of hydrogen-bond donors (Lipinski definition) is 1. The van der Waals surface area contributed by atoms with E-state index in [1.807, 2.05) is 51.1 Å². The average molecular weight is 399 g/mol. The fraction of sp³-hybridized carbons (Fsp3) is 0.391. The maximum Gasteiger partial charge on any atom is 0.244 e. The summed E-state index contributed by atoms with van der Waals surface area (Å²) in [6, 6.07) is 13.2. The molecule has 6 heteroatoms. The summed E-state index contributed by atoms with van der Waals surface area (Å²) in [7, 11) is 1.55. The van der Waals surface area contributed by atoms with Crippen LogP contribution >= 0.6 is 0 Å². The first-order valence-electron chi connectivity index (χ1n) is 9.85. The zero-order valence-corrected chi connectivity index (χ0v) is 17.7. The Balaban J connectivity index is 1.91. The molecule has 0 radical (unpaired) electrons. The van der Waals surface area contributed by atoms with Crippen LogP contribution in [-0.4, -0.2) is 43.5 Å². The summed E-state index contributed by atoms with van der Waals surface area (Å²) in [4.78, 5) is 26.7. The summed E-state index contributed by atoms with van der Waals surface area (Å²) >= 11 is 0. The number of hydrogen-bond acceptors (Lipinski definition) is 4. The van der Waals surface area contributed by atoms with Gasteiger partial charge in [0.25, 0.3) is 0 Å². The monoisotopic (exact) mass is 398 g/mol. The Morgan fingerprint density at radius 1 is 1.07 bits per heavy atom. The van der Waals surface area contributed by atoms with E-state index in [1.165, 1.54) is 0 Å². The lowest BCUT2D eigenvalue weighted by molar-refractivity contribution is -0.135. The zero-order chi connectivity index (χ0) is 21.2. The summed E-state index contributed by atoms with van der Waals surface area (Å²) in [6.07, 6.45) is 0.987. The molecule has 0 aliphatic carbocycles. The van der Waals surface area contributed by atoms with E-state index in [0.29, 0.717) is 18.0 Å². The predicted molar refractivity (Wildman–Crippen MR) is 115 cm³/mol. The number of methoxy groups -OCH3 is 1. The first-order chi connectivity index (χ1) is 13.9. The Labute approximate surface area is 172 Å². The molecule has 0 heterocycles. The van der Waals surface area contributed by atoms with Crippen molar-refractivity contribution in [3.8, 4) is 11.5 Å². The Bertz CT molecular complexity index is 835. The molecule has 0 aromatic heterocycles. The Kier molecular flexibility index (Phi) is 8.52. The highest BCUT2D eigenvalue weighted by molar-refractivity contribution is 5.95. The number of benzene rings is 2. The highest BCUT2D eigenvalue weighted by Crippen LogP contribution is 2.23. The second-order valence-electron chi connectivity index (χ2n) is 6.93. The number of amides is 2. The van der Waals surface area contributed by atoms with Crippen molar-refractivity contribution in [2.24, 2.45) is 0 Å². The molecule has 1 N–H and O–H groups in total. The number of nitrogens with zero attached hydrogens (tertiary/aromatic N) is 1. The minimum atomic E-state index is -0.258. The van der Waals surface area contributed by atoms with Gasteiger partial charge in [-0.05, 0) is 49.6 Å². The van der Waals surface area contributed by atoms with Gasteiger partial charge in [0.15, 0.2) is 0 Å². The van der Waals surface area contributed by atoms with Gasteiger partial charge in [0.1, 0.15) is 11.5 Å². The van der Waals surface area contributed by atoms with Crippen molar-refractivity contribution in [2.75, 3.05) is 32.1 Å². The second-order valence-corrected chi connectivity index (χ2v) is 6.93. The van der Waals surface area contributed by atoms with Crippen molar-refractivity contribution in [3.05, 3.63) is 53.6 Å². The number of nitrogens with one attached hydrogen (secondary N) is 1. The predicted octanol–water partition coefficient (Wildman–Crippen LogP) is 3.96. The molecule has 0 spiro atoms. The van der Waals surface area contributed by atoms with E-state index >= 15 is 0 Å². The number of aryl methyl sites for hydroxylation is 2. The summed E-state index contributed by atoms with van der Waals surface area (Å²) < 4.78 is 11.0. The SMILES string of the molecule is CCCN(CC(=O)Nc1ccccc1OC)C(=O)CCOc1cc(C)ccc1C. The van der Waals surface area contributed by atoms with Gasteiger partial charge >= 0.3 is 0 Å². The molecular weight excluding hydrogens is 368 g/mol. The molecule has 2 rings (SSSR count). The third-order valence-electron chi connectivity index (χ3n) is 4.48. The Morgan fingerprint density at radius 3 is 2.55 bits per heavy atom. The number of carbonyl (C=O) groups is 2. The normalized spacial score (nSPS) is 10.3. The summed E-state index contributed by atoms with van der Waals surface area (Å²) in [6.45, 7) is 6.74. The van der Waals surface area contributed by atoms with Crippen LogP contribution in [0.2, 0.25) is 0 Å². The van der Waals surface area contributed by atoms with Crippen LogP contribution in [0, 0.1) is 13.8 Å². The molecule has 0 saturated carbocycles. The standard InChI is InChI=1S/C23H30N2O4/c1-5-13-25(16-22(26)24-19-8-6-7-9-20(19)28-4)23(27)12-14-29-21-15-17(2)10-11-18(21)3/h6-11,15H,5,12-14,16H2,1-4H3,(H,24,26). The van der Waals surface area contributed by atoms with Gasteiger partial charge in [0, 0.05) is 6.54 Å². The zero-order valence-electron chi connectivity index (χ0n) is 17.7. The van der Waals surface area contributed by atoms with Crippen molar-refractivity contribution in [2.45, 2.75) is 33.6 Å². The molecule has 6 nitrogen and oxygen atoms in total. The fourth-order valence-electron chi connectivity index (χ4n) is 2.94. The van der Waals surface area contributed by atoms with Gasteiger partial charge < -0.3 is 19.7 Å². The van der Waals surface area contributed by atoms with Gasteiger partial charge in [-0.25, -0.2) is 0 Å². The van der Waals surface area contributed by atoms with E-state index in [0.717, 1.165) is 23.3 Å². The molecular formula is C23H30N2O4. The van der Waals surface area contributed by atoms with E-state index in [2.05, 4.69) is 5.32 Å². The van der Waals surface area contributed by atoms with Gasteiger partial charge in [-0.1, -0.05) is 31.2 Å². The smallest absolute Gasteiger partial charge is 0.244 e. The molecule has 0 bridgehead atoms. The van der Waals surface area contributed by atoms with E-state index in [9.17, 15) is 9.59 Å². The second kappa shape index (κ2) is 11.1. The third kappa shape index (κ3) is 6.82. The number of ether oxygens (including phenoxy) is 2. The van der Waals surface area contributed by atoms with E-state index in [1.54, 1.807) is 24.1 Å². The number of anilines is 1. The van der Waals surface area contributed by atoms with Crippen LogP contribution in [0.4, 0.5) is 5.69 Å². The van der Waals surface area contributed by atoms with Crippen molar-refractivity contribution in [1.82, 2.24) is 4.90 Å². The quantitative estimate of drug-likeness (QED) is 0.658. The number of para-hydroxylation sites is 2. The molecule has 2 aromatic rings. The largest absolute Gasteiger partial charge is 0.495 e. The highest BCUT2D eigenvalue weighted by Gasteiger charge is 2.17. The van der Waals surface area contributed by atoms with Crippen molar-refractivity contribution in [3.63, 3.8) is 0 Å². The lowest BCUT2D eigenvalue weighted by Gasteiger charge is -2.22. The van der Waals surface area contributed by atoms with Crippen molar-refractivity contribution < 1.29 is 19.1 Å². The number of rotatable bonds is 10. The lowest BCUT2D eigenvalue weighted by Crippen LogP contribution is -2.39. The van der Waals surface area contributed by atoms with Gasteiger partial charge in [0.2, 0.25) is 11.8 Å². The molecule has 0 unspecified atom stereocenters. The summed E-state index contributed by atoms with van der Waals surface area (Å²) in [5.41, 5.74) is 2.73. The van der Waals surface area contributed by atoms with Crippen molar-refractivity contribution >= 4 is 17.5 Å². The van der Waals surface area contributed by atoms with Crippen LogP contribution in [-0.2, 0) is 9.59 Å². The number of carbonyl (C=O) groups excluding carboxylic acids is 2. The van der Waals surface area contributed by atoms with E-state index in [4.69, 9.17) is 9.47 Å². The molecule has 0 saturated heterocycles. The molecule has 0 fully saturated rings. The van der Waals surface area contributed by atoms with Crippen LogP contribution in [0.15, 0.2) is 42.5 Å². The summed E-state index contributed by atoms with van der Waals surface area (Å²) in [5, 5.41) is 2.81. The van der Waals surface area contributed by atoms with Crippen LogP contribution in [0.1, 0.15) is 30.9 Å². The van der Waals surface area contributed by atoms with Crippen LogP contribution in [0.3, 0.4) is 0 Å². The van der Waals surface area contributed by atoms with Crippen LogP contribution < -0.4 is 14.8 Å². The highest BCUT2D eigenvalue weighted by atomic mass is 16.5. The first-order valence-corrected chi connectivity index (χ1v) is 9.85. The van der Waals surface area contributed by atoms with Crippen LogP contribution in [0.5, 0.6) is 11.5 Å². The average Bonchev–Trinajstić information content (AvgIpc) is 2.70. The summed E-state index contributed by atoms with van der Waals surface area (Å²) in [5.74, 6) is 1.00. The molecule has 29 heavy (non-hydrogen) atoms.